The van der Waals surface area contributed by atoms with Crippen LogP contribution in [0.3, 0.4) is 0 Å². The molecule has 0 atom stereocenters. The number of amides is 1. The summed E-state index contributed by atoms with van der Waals surface area (Å²) in [7, 11) is -3.71. The van der Waals surface area contributed by atoms with Crippen LogP contribution < -0.4 is 10.0 Å². The average Bonchev–Trinajstić information content (AvgIpc) is 3.24. The molecule has 8 heteroatoms. The Bertz CT molecular complexity index is 1140. The second kappa shape index (κ2) is 10.2. The fourth-order valence-corrected chi connectivity index (χ4v) is 5.23. The Morgan fingerprint density at radius 1 is 1.06 bits per heavy atom. The number of carbonyl (C=O) groups is 1. The lowest BCUT2D eigenvalue weighted by Crippen LogP contribution is -2.25. The van der Waals surface area contributed by atoms with Gasteiger partial charge in [-0.2, -0.15) is 0 Å². The van der Waals surface area contributed by atoms with Gasteiger partial charge in [0.05, 0.1) is 0 Å². The Balaban J connectivity index is 1.60. The van der Waals surface area contributed by atoms with E-state index < -0.39 is 10.0 Å². The third kappa shape index (κ3) is 6.46. The maximum absolute atomic E-state index is 13.4. The second-order valence-electron chi connectivity index (χ2n) is 7.59. The molecule has 2 N–H and O–H groups in total. The molecular weight excluding hydrogens is 435 g/mol. The lowest BCUT2D eigenvalue weighted by molar-refractivity contribution is 0.0952. The van der Waals surface area contributed by atoms with E-state index in [1.807, 2.05) is 0 Å². The van der Waals surface area contributed by atoms with Crippen molar-refractivity contribution in [1.82, 2.24) is 10.0 Å². The maximum atomic E-state index is 13.4. The number of thiophene rings is 1. The van der Waals surface area contributed by atoms with Gasteiger partial charge in [0.2, 0.25) is 10.0 Å². The fraction of sp³-hybridized carbons (Fsp3) is 0.261. The van der Waals surface area contributed by atoms with Crippen molar-refractivity contribution in [1.29, 1.82) is 0 Å². The molecule has 3 aromatic rings. The van der Waals surface area contributed by atoms with Gasteiger partial charge in [0.1, 0.15) is 10.0 Å². The summed E-state index contributed by atoms with van der Waals surface area (Å²) in [6.45, 7) is 4.92. The third-order valence-corrected chi connectivity index (χ3v) is 7.67. The quantitative estimate of drug-likeness (QED) is 0.481. The topological polar surface area (TPSA) is 75.3 Å². The van der Waals surface area contributed by atoms with E-state index in [2.05, 4.69) is 23.9 Å². The first kappa shape index (κ1) is 23.1. The van der Waals surface area contributed by atoms with Crippen molar-refractivity contribution in [2.45, 2.75) is 31.0 Å². The van der Waals surface area contributed by atoms with E-state index in [1.165, 1.54) is 18.2 Å². The normalized spacial score (nSPS) is 11.6. The van der Waals surface area contributed by atoms with Gasteiger partial charge in [-0.1, -0.05) is 38.1 Å². The number of nitrogens with one attached hydrogen (secondary N) is 2. The SMILES string of the molecule is CC(C)CCNC(=O)c1ccc(CNS(=O)(=O)c2ccc(-c3cccc(F)c3)s2)cc1. The zero-order valence-corrected chi connectivity index (χ0v) is 19.0. The van der Waals surface area contributed by atoms with Gasteiger partial charge in [0.25, 0.3) is 5.91 Å². The summed E-state index contributed by atoms with van der Waals surface area (Å²) >= 11 is 1.08. The molecule has 1 heterocycles. The summed E-state index contributed by atoms with van der Waals surface area (Å²) in [6, 6.07) is 16.0. The first-order valence-corrected chi connectivity index (χ1v) is 12.3. The summed E-state index contributed by atoms with van der Waals surface area (Å²) < 4.78 is 41.4. The van der Waals surface area contributed by atoms with Gasteiger partial charge >= 0.3 is 0 Å². The highest BCUT2D eigenvalue weighted by Gasteiger charge is 2.17. The molecule has 0 radical (unpaired) electrons. The number of rotatable bonds is 9. The molecule has 1 aromatic heterocycles. The molecule has 31 heavy (non-hydrogen) atoms. The van der Waals surface area contributed by atoms with E-state index in [9.17, 15) is 17.6 Å². The molecule has 3 rings (SSSR count). The number of benzene rings is 2. The minimum absolute atomic E-state index is 0.102. The highest BCUT2D eigenvalue weighted by Crippen LogP contribution is 2.31. The largest absolute Gasteiger partial charge is 0.352 e. The third-order valence-electron chi connectivity index (χ3n) is 4.65. The van der Waals surface area contributed by atoms with Crippen LogP contribution in [0.4, 0.5) is 4.39 Å². The average molecular weight is 461 g/mol. The van der Waals surface area contributed by atoms with Crippen molar-refractivity contribution >= 4 is 27.3 Å². The molecule has 0 bridgehead atoms. The van der Waals surface area contributed by atoms with Gasteiger partial charge < -0.3 is 5.32 Å². The molecule has 0 aliphatic rings. The molecule has 0 saturated heterocycles. The minimum Gasteiger partial charge on any atom is -0.352 e. The lowest BCUT2D eigenvalue weighted by atomic mass is 10.1. The van der Waals surface area contributed by atoms with E-state index in [1.54, 1.807) is 42.5 Å². The van der Waals surface area contributed by atoms with E-state index >= 15 is 0 Å². The standard InChI is InChI=1S/C23H25FN2O3S2/c1-16(2)12-13-25-23(27)18-8-6-17(7-9-18)15-26-31(28,29)22-11-10-21(30-22)19-4-3-5-20(24)14-19/h3-11,14,16,26H,12-13,15H2,1-2H3,(H,25,27). The number of sulfonamides is 1. The van der Waals surface area contributed by atoms with Crippen LogP contribution in [-0.4, -0.2) is 20.9 Å². The van der Waals surface area contributed by atoms with E-state index in [0.29, 0.717) is 28.5 Å². The Labute approximate surface area is 186 Å². The van der Waals surface area contributed by atoms with Crippen LogP contribution in [0.5, 0.6) is 0 Å². The number of carbonyl (C=O) groups excluding carboxylic acids is 1. The first-order chi connectivity index (χ1) is 14.7. The molecule has 2 aromatic carbocycles. The Morgan fingerprint density at radius 3 is 2.48 bits per heavy atom. The lowest BCUT2D eigenvalue weighted by Gasteiger charge is -2.08. The number of halogens is 1. The van der Waals surface area contributed by atoms with Gasteiger partial charge in [-0.05, 0) is 59.9 Å². The molecule has 1 amide bonds. The smallest absolute Gasteiger partial charge is 0.251 e. The Kier molecular flexibility index (Phi) is 7.59. The van der Waals surface area contributed by atoms with Gasteiger partial charge in [0, 0.05) is 23.5 Å². The molecule has 164 valence electrons. The molecule has 0 unspecified atom stereocenters. The first-order valence-electron chi connectivity index (χ1n) is 9.97. The van der Waals surface area contributed by atoms with Crippen LogP contribution in [-0.2, 0) is 16.6 Å². The van der Waals surface area contributed by atoms with Crippen molar-refractivity contribution in [2.24, 2.45) is 5.92 Å². The van der Waals surface area contributed by atoms with Gasteiger partial charge in [-0.3, -0.25) is 4.79 Å². The molecule has 5 nitrogen and oxygen atoms in total. The van der Waals surface area contributed by atoms with Crippen LogP contribution in [0.15, 0.2) is 64.9 Å². The highest BCUT2D eigenvalue weighted by atomic mass is 32.2. The zero-order valence-electron chi connectivity index (χ0n) is 17.4. The van der Waals surface area contributed by atoms with Crippen LogP contribution in [0, 0.1) is 11.7 Å². The number of hydrogen-bond donors (Lipinski definition) is 2. The minimum atomic E-state index is -3.71. The van der Waals surface area contributed by atoms with Crippen LogP contribution in [0.25, 0.3) is 10.4 Å². The summed E-state index contributed by atoms with van der Waals surface area (Å²) in [5.41, 5.74) is 1.91. The number of hydrogen-bond acceptors (Lipinski definition) is 4. The van der Waals surface area contributed by atoms with Crippen molar-refractivity contribution in [3.05, 3.63) is 77.6 Å². The van der Waals surface area contributed by atoms with E-state index in [0.717, 1.165) is 23.3 Å². The van der Waals surface area contributed by atoms with Crippen molar-refractivity contribution < 1.29 is 17.6 Å². The zero-order chi connectivity index (χ0) is 22.4. The Hall–Kier alpha value is -2.55. The molecule has 0 aliphatic heterocycles. The van der Waals surface area contributed by atoms with E-state index in [4.69, 9.17) is 0 Å². The van der Waals surface area contributed by atoms with Crippen LogP contribution >= 0.6 is 11.3 Å². The summed E-state index contributed by atoms with van der Waals surface area (Å²) in [5, 5.41) is 2.87. The van der Waals surface area contributed by atoms with Crippen LogP contribution in [0.1, 0.15) is 36.2 Å². The summed E-state index contributed by atoms with van der Waals surface area (Å²) in [6.07, 6.45) is 0.912. The monoisotopic (exact) mass is 460 g/mol. The predicted octanol–water partition coefficient (Wildman–Crippen LogP) is 4.81. The van der Waals surface area contributed by atoms with Gasteiger partial charge in [-0.15, -0.1) is 11.3 Å². The predicted molar refractivity (Wildman–Crippen MR) is 122 cm³/mol. The molecule has 0 saturated carbocycles. The van der Waals surface area contributed by atoms with Crippen molar-refractivity contribution in [3.8, 4) is 10.4 Å². The van der Waals surface area contributed by atoms with Crippen molar-refractivity contribution in [3.63, 3.8) is 0 Å². The van der Waals surface area contributed by atoms with Crippen molar-refractivity contribution in [2.75, 3.05) is 6.54 Å². The van der Waals surface area contributed by atoms with Gasteiger partial charge in [0.15, 0.2) is 0 Å². The maximum Gasteiger partial charge on any atom is 0.251 e. The molecule has 0 aliphatic carbocycles. The van der Waals surface area contributed by atoms with Crippen LogP contribution in [0.2, 0.25) is 0 Å². The fourth-order valence-electron chi connectivity index (χ4n) is 2.86. The van der Waals surface area contributed by atoms with E-state index in [-0.39, 0.29) is 22.5 Å². The highest BCUT2D eigenvalue weighted by molar-refractivity contribution is 7.91. The molecular formula is C23H25FN2O3S2. The summed E-state index contributed by atoms with van der Waals surface area (Å²) in [5.74, 6) is 0.00529. The molecule has 0 spiro atoms. The second-order valence-corrected chi connectivity index (χ2v) is 10.7. The summed E-state index contributed by atoms with van der Waals surface area (Å²) in [4.78, 5) is 12.8. The Morgan fingerprint density at radius 2 is 1.81 bits per heavy atom. The van der Waals surface area contributed by atoms with Gasteiger partial charge in [-0.25, -0.2) is 17.5 Å². The molecule has 0 fully saturated rings.